The fourth-order valence-electron chi connectivity index (χ4n) is 1.28. The minimum atomic E-state index is 0.257. The molecule has 3 rings (SSSR count). The molecule has 0 fully saturated rings. The van der Waals surface area contributed by atoms with E-state index in [-0.39, 0.29) is 5.88 Å². The largest absolute Gasteiger partial charge is 0.419 e. The van der Waals surface area contributed by atoms with Crippen LogP contribution < -0.4 is 0 Å². The zero-order valence-corrected chi connectivity index (χ0v) is 9.83. The summed E-state index contributed by atoms with van der Waals surface area (Å²) in [5.74, 6) is 1.27. The van der Waals surface area contributed by atoms with Crippen molar-refractivity contribution >= 4 is 43.7 Å². The number of hydrogen-bond donors (Lipinski definition) is 0. The third-order valence-corrected chi connectivity index (χ3v) is 4.24. The summed E-state index contributed by atoms with van der Waals surface area (Å²) in [5.41, 5.74) is 0. The number of rotatable bonds is 2. The van der Waals surface area contributed by atoms with Crippen molar-refractivity contribution in [1.29, 1.82) is 0 Å². The molecule has 3 nitrogen and oxygen atoms in total. The Bertz CT molecular complexity index is 569. The van der Waals surface area contributed by atoms with Crippen molar-refractivity contribution in [3.8, 4) is 10.8 Å². The van der Waals surface area contributed by atoms with Gasteiger partial charge >= 0.3 is 0 Å². The van der Waals surface area contributed by atoms with Crippen molar-refractivity contribution in [2.24, 2.45) is 0 Å². The molecule has 0 saturated heterocycles. The molecule has 0 amide bonds. The highest BCUT2D eigenvalue weighted by molar-refractivity contribution is 7.28. The van der Waals surface area contributed by atoms with Crippen LogP contribution in [0.15, 0.2) is 21.9 Å². The van der Waals surface area contributed by atoms with Crippen LogP contribution >= 0.6 is 34.3 Å². The van der Waals surface area contributed by atoms with Crippen LogP contribution in [0.1, 0.15) is 5.89 Å². The van der Waals surface area contributed by atoms with Gasteiger partial charge in [0.2, 0.25) is 5.89 Å². The van der Waals surface area contributed by atoms with Crippen LogP contribution in [0.4, 0.5) is 0 Å². The first-order valence-electron chi connectivity index (χ1n) is 4.22. The van der Waals surface area contributed by atoms with E-state index in [1.54, 1.807) is 22.7 Å². The molecular weight excluding hydrogens is 252 g/mol. The molecule has 0 saturated carbocycles. The molecule has 3 aromatic heterocycles. The fourth-order valence-corrected chi connectivity index (χ4v) is 3.42. The molecule has 0 aliphatic heterocycles. The van der Waals surface area contributed by atoms with Gasteiger partial charge in [0.05, 0.1) is 4.88 Å². The number of alkyl halides is 1. The van der Waals surface area contributed by atoms with Gasteiger partial charge in [-0.15, -0.1) is 44.5 Å². The molecule has 3 aromatic rings. The zero-order chi connectivity index (χ0) is 10.3. The molecule has 0 N–H and O–H groups in total. The Hall–Kier alpha value is -0.910. The first kappa shape index (κ1) is 9.33. The summed E-state index contributed by atoms with van der Waals surface area (Å²) in [5, 5.41) is 9.85. The molecule has 0 atom stereocenters. The predicted octanol–water partition coefficient (Wildman–Crippen LogP) is 3.75. The molecule has 0 aliphatic carbocycles. The molecule has 0 radical (unpaired) electrons. The van der Waals surface area contributed by atoms with Crippen LogP contribution in [0, 0.1) is 0 Å². The van der Waals surface area contributed by atoms with Gasteiger partial charge in [0.1, 0.15) is 5.88 Å². The molecule has 0 aliphatic rings. The van der Waals surface area contributed by atoms with E-state index in [0.29, 0.717) is 11.8 Å². The van der Waals surface area contributed by atoms with Crippen LogP contribution in [0.2, 0.25) is 0 Å². The van der Waals surface area contributed by atoms with Crippen LogP contribution in [0.25, 0.3) is 20.2 Å². The smallest absolute Gasteiger partial charge is 0.257 e. The van der Waals surface area contributed by atoms with Gasteiger partial charge in [0.25, 0.3) is 5.89 Å². The van der Waals surface area contributed by atoms with E-state index in [9.17, 15) is 0 Å². The number of fused-ring (bicyclic) bond motifs is 1. The van der Waals surface area contributed by atoms with E-state index >= 15 is 0 Å². The molecule has 0 aromatic carbocycles. The molecule has 15 heavy (non-hydrogen) atoms. The Kier molecular flexibility index (Phi) is 2.23. The molecule has 0 spiro atoms. The molecular formula is C9H5ClN2OS2. The monoisotopic (exact) mass is 256 g/mol. The lowest BCUT2D eigenvalue weighted by Crippen LogP contribution is -1.73. The summed E-state index contributed by atoms with van der Waals surface area (Å²) < 4.78 is 7.88. The first-order chi connectivity index (χ1) is 7.36. The van der Waals surface area contributed by atoms with Crippen molar-refractivity contribution < 1.29 is 4.42 Å². The highest BCUT2D eigenvalue weighted by Crippen LogP contribution is 2.35. The third kappa shape index (κ3) is 1.56. The maximum Gasteiger partial charge on any atom is 0.257 e. The highest BCUT2D eigenvalue weighted by atomic mass is 35.5. The van der Waals surface area contributed by atoms with E-state index in [4.69, 9.17) is 16.0 Å². The molecule has 76 valence electrons. The van der Waals surface area contributed by atoms with E-state index in [1.165, 1.54) is 9.40 Å². The fraction of sp³-hybridized carbons (Fsp3) is 0.111. The standard InChI is InChI=1S/C9H5ClN2OS2/c10-4-8-11-12-9(13-8)7-3-6-5(15-7)1-2-14-6/h1-3H,4H2. The van der Waals surface area contributed by atoms with Gasteiger partial charge in [0.15, 0.2) is 0 Å². The Morgan fingerprint density at radius 1 is 1.33 bits per heavy atom. The molecule has 3 heterocycles. The average Bonchev–Trinajstić information content (AvgIpc) is 2.91. The Balaban J connectivity index is 2.09. The minimum absolute atomic E-state index is 0.257. The van der Waals surface area contributed by atoms with Crippen molar-refractivity contribution in [2.45, 2.75) is 5.88 Å². The quantitative estimate of drug-likeness (QED) is 0.656. The second kappa shape index (κ2) is 3.59. The predicted molar refractivity (Wildman–Crippen MR) is 62.6 cm³/mol. The van der Waals surface area contributed by atoms with Crippen molar-refractivity contribution in [3.63, 3.8) is 0 Å². The lowest BCUT2D eigenvalue weighted by atomic mass is 10.4. The first-order valence-corrected chi connectivity index (χ1v) is 6.45. The van der Waals surface area contributed by atoms with Crippen molar-refractivity contribution in [3.05, 3.63) is 23.4 Å². The second-order valence-corrected chi connectivity index (χ2v) is 5.19. The molecule has 0 bridgehead atoms. The molecule has 6 heteroatoms. The summed E-state index contributed by atoms with van der Waals surface area (Å²) in [4.78, 5) is 1.00. The summed E-state index contributed by atoms with van der Waals surface area (Å²) in [6, 6.07) is 4.16. The number of thiophene rings is 2. The highest BCUT2D eigenvalue weighted by Gasteiger charge is 2.11. The Morgan fingerprint density at radius 3 is 3.00 bits per heavy atom. The number of halogens is 1. The summed E-state index contributed by atoms with van der Waals surface area (Å²) in [7, 11) is 0. The van der Waals surface area contributed by atoms with Gasteiger partial charge in [-0.25, -0.2) is 0 Å². The molecule has 0 unspecified atom stereocenters. The van der Waals surface area contributed by atoms with Crippen LogP contribution in [0.5, 0.6) is 0 Å². The zero-order valence-electron chi connectivity index (χ0n) is 7.44. The number of aromatic nitrogens is 2. The topological polar surface area (TPSA) is 38.9 Å². The van der Waals surface area contributed by atoms with Crippen LogP contribution in [0.3, 0.4) is 0 Å². The van der Waals surface area contributed by atoms with Gasteiger partial charge in [-0.3, -0.25) is 0 Å². The lowest BCUT2D eigenvalue weighted by molar-refractivity contribution is 0.528. The van der Waals surface area contributed by atoms with Gasteiger partial charge in [-0.05, 0) is 17.5 Å². The Morgan fingerprint density at radius 2 is 2.27 bits per heavy atom. The van der Waals surface area contributed by atoms with Crippen LogP contribution in [-0.4, -0.2) is 10.2 Å². The maximum absolute atomic E-state index is 5.59. The third-order valence-electron chi connectivity index (χ3n) is 1.93. The van der Waals surface area contributed by atoms with E-state index in [1.807, 2.05) is 0 Å². The summed E-state index contributed by atoms with van der Waals surface area (Å²) in [6.45, 7) is 0. The number of nitrogens with zero attached hydrogens (tertiary/aromatic N) is 2. The van der Waals surface area contributed by atoms with Crippen molar-refractivity contribution in [1.82, 2.24) is 10.2 Å². The summed E-state index contributed by atoms with van der Waals surface area (Å²) in [6.07, 6.45) is 0. The van der Waals surface area contributed by atoms with Crippen molar-refractivity contribution in [2.75, 3.05) is 0 Å². The maximum atomic E-state index is 5.59. The van der Waals surface area contributed by atoms with E-state index < -0.39 is 0 Å². The van der Waals surface area contributed by atoms with Gasteiger partial charge in [0, 0.05) is 9.40 Å². The summed E-state index contributed by atoms with van der Waals surface area (Å²) >= 11 is 8.96. The minimum Gasteiger partial charge on any atom is -0.419 e. The van der Waals surface area contributed by atoms with Gasteiger partial charge in [-0.1, -0.05) is 0 Å². The van der Waals surface area contributed by atoms with Crippen LogP contribution in [-0.2, 0) is 5.88 Å². The van der Waals surface area contributed by atoms with E-state index in [2.05, 4.69) is 27.7 Å². The second-order valence-electron chi connectivity index (χ2n) is 2.89. The van der Waals surface area contributed by atoms with Gasteiger partial charge in [-0.2, -0.15) is 0 Å². The average molecular weight is 257 g/mol. The normalized spacial score (nSPS) is 11.3. The number of hydrogen-bond acceptors (Lipinski definition) is 5. The van der Waals surface area contributed by atoms with Gasteiger partial charge < -0.3 is 4.42 Å². The SMILES string of the molecule is ClCc1nnc(-c2cc3sccc3s2)o1. The van der Waals surface area contributed by atoms with E-state index in [0.717, 1.165) is 4.88 Å². The lowest BCUT2D eigenvalue weighted by Gasteiger charge is -1.84. The Labute approximate surface area is 98.3 Å².